The van der Waals surface area contributed by atoms with Gasteiger partial charge in [-0.2, -0.15) is 18.3 Å². The molecular weight excluding hydrogens is 325 g/mol. The fourth-order valence-corrected chi connectivity index (χ4v) is 1.98. The molecule has 0 unspecified atom stereocenters. The second-order valence-electron chi connectivity index (χ2n) is 3.89. The highest BCUT2D eigenvalue weighted by atomic mass is 79.9. The van der Waals surface area contributed by atoms with Crippen LogP contribution in [0.2, 0.25) is 0 Å². The molecule has 3 nitrogen and oxygen atoms in total. The Kier molecular flexibility index (Phi) is 3.49. The number of carbonyl (C=O) groups is 1. The van der Waals surface area contributed by atoms with Crippen molar-refractivity contribution >= 4 is 21.7 Å². The molecule has 0 bridgehead atoms. The quantitative estimate of drug-likeness (QED) is 0.790. The van der Waals surface area contributed by atoms with Crippen LogP contribution >= 0.6 is 15.9 Å². The van der Waals surface area contributed by atoms with Crippen molar-refractivity contribution in [2.45, 2.75) is 6.18 Å². The fourth-order valence-electron chi connectivity index (χ4n) is 1.62. The Labute approximate surface area is 115 Å². The Morgan fingerprint density at radius 2 is 2.00 bits per heavy atom. The number of aromatic nitrogens is 2. The van der Waals surface area contributed by atoms with Crippen LogP contribution in [-0.2, 0) is 13.2 Å². The zero-order valence-electron chi connectivity index (χ0n) is 9.70. The Balaban J connectivity index is 2.53. The Morgan fingerprint density at radius 3 is 2.53 bits per heavy atom. The SMILES string of the molecule is Cn1ccc(C(=O)c2ccc(Br)cc2C(F)(F)F)n1. The van der Waals surface area contributed by atoms with Crippen LogP contribution in [-0.4, -0.2) is 15.6 Å². The minimum absolute atomic E-state index is 0.0182. The lowest BCUT2D eigenvalue weighted by Crippen LogP contribution is -2.14. The van der Waals surface area contributed by atoms with Gasteiger partial charge in [0, 0.05) is 23.3 Å². The molecule has 0 atom stereocenters. The molecule has 0 aliphatic rings. The standard InChI is InChI=1S/C12H8BrF3N2O/c1-18-5-4-10(17-18)11(19)8-3-2-7(13)6-9(8)12(14,15)16/h2-6H,1H3. The first-order valence-corrected chi connectivity index (χ1v) is 5.99. The largest absolute Gasteiger partial charge is 0.417 e. The molecule has 0 fully saturated rings. The average Bonchev–Trinajstić information content (AvgIpc) is 2.74. The molecule has 19 heavy (non-hydrogen) atoms. The highest BCUT2D eigenvalue weighted by Crippen LogP contribution is 2.34. The van der Waals surface area contributed by atoms with Gasteiger partial charge in [-0.25, -0.2) is 0 Å². The molecule has 0 saturated heterocycles. The average molecular weight is 333 g/mol. The maximum absolute atomic E-state index is 12.9. The van der Waals surface area contributed by atoms with Crippen LogP contribution in [0.1, 0.15) is 21.6 Å². The molecule has 1 aromatic carbocycles. The predicted molar refractivity (Wildman–Crippen MR) is 65.8 cm³/mol. The number of halogens is 4. The van der Waals surface area contributed by atoms with Crippen LogP contribution < -0.4 is 0 Å². The number of hydrogen-bond acceptors (Lipinski definition) is 2. The summed E-state index contributed by atoms with van der Waals surface area (Å²) in [6.07, 6.45) is -3.09. The summed E-state index contributed by atoms with van der Waals surface area (Å²) in [6, 6.07) is 4.80. The maximum Gasteiger partial charge on any atom is 0.417 e. The van der Waals surface area contributed by atoms with E-state index in [-0.39, 0.29) is 10.2 Å². The molecule has 0 aliphatic carbocycles. The number of benzene rings is 1. The van der Waals surface area contributed by atoms with Crippen LogP contribution in [0, 0.1) is 0 Å². The van der Waals surface area contributed by atoms with Crippen molar-refractivity contribution in [1.82, 2.24) is 9.78 Å². The molecular formula is C12H8BrF3N2O. The van der Waals surface area contributed by atoms with E-state index >= 15 is 0 Å². The van der Waals surface area contributed by atoms with Crippen molar-refractivity contribution in [1.29, 1.82) is 0 Å². The van der Waals surface area contributed by atoms with E-state index in [4.69, 9.17) is 0 Å². The van der Waals surface area contributed by atoms with Crippen molar-refractivity contribution in [3.8, 4) is 0 Å². The zero-order chi connectivity index (χ0) is 14.2. The van der Waals surface area contributed by atoms with Crippen LogP contribution in [0.3, 0.4) is 0 Å². The van der Waals surface area contributed by atoms with Gasteiger partial charge in [0.05, 0.1) is 5.56 Å². The molecule has 0 amide bonds. The summed E-state index contributed by atoms with van der Waals surface area (Å²) in [4.78, 5) is 12.0. The number of aryl methyl sites for hydroxylation is 1. The highest BCUT2D eigenvalue weighted by Gasteiger charge is 2.35. The predicted octanol–water partition coefficient (Wildman–Crippen LogP) is 3.43. The summed E-state index contributed by atoms with van der Waals surface area (Å²) in [5.74, 6) is -0.750. The van der Waals surface area contributed by atoms with Crippen LogP contribution in [0.25, 0.3) is 0 Å². The van der Waals surface area contributed by atoms with Crippen LogP contribution in [0.5, 0.6) is 0 Å². The van der Waals surface area contributed by atoms with Gasteiger partial charge in [-0.1, -0.05) is 15.9 Å². The van der Waals surface area contributed by atoms with Crippen LogP contribution in [0.15, 0.2) is 34.9 Å². The number of hydrogen-bond donors (Lipinski definition) is 0. The molecule has 2 rings (SSSR count). The van der Waals surface area contributed by atoms with Gasteiger partial charge in [0.25, 0.3) is 0 Å². The second-order valence-corrected chi connectivity index (χ2v) is 4.81. The summed E-state index contributed by atoms with van der Waals surface area (Å²) >= 11 is 2.97. The zero-order valence-corrected chi connectivity index (χ0v) is 11.3. The Hall–Kier alpha value is -1.63. The normalized spacial score (nSPS) is 11.6. The van der Waals surface area contributed by atoms with E-state index in [1.165, 1.54) is 23.0 Å². The minimum Gasteiger partial charge on any atom is -0.287 e. The monoisotopic (exact) mass is 332 g/mol. The molecule has 0 N–H and O–H groups in total. The lowest BCUT2D eigenvalue weighted by atomic mass is 10.0. The molecule has 7 heteroatoms. The van der Waals surface area contributed by atoms with E-state index in [1.54, 1.807) is 7.05 Å². The molecule has 0 saturated carbocycles. The third-order valence-corrected chi connectivity index (χ3v) is 2.97. The van der Waals surface area contributed by atoms with Gasteiger partial charge in [-0.15, -0.1) is 0 Å². The van der Waals surface area contributed by atoms with E-state index in [0.717, 1.165) is 12.1 Å². The van der Waals surface area contributed by atoms with Crippen molar-refractivity contribution in [2.75, 3.05) is 0 Å². The van der Waals surface area contributed by atoms with Crippen molar-refractivity contribution in [2.24, 2.45) is 7.05 Å². The summed E-state index contributed by atoms with van der Waals surface area (Å²) in [6.45, 7) is 0. The van der Waals surface area contributed by atoms with Gasteiger partial charge in [0.2, 0.25) is 5.78 Å². The number of nitrogens with zero attached hydrogens (tertiary/aromatic N) is 2. The first-order chi connectivity index (χ1) is 8.79. The number of alkyl halides is 3. The topological polar surface area (TPSA) is 34.9 Å². The molecule has 100 valence electrons. The molecule has 2 aromatic rings. The van der Waals surface area contributed by atoms with Gasteiger partial charge in [-0.05, 0) is 24.3 Å². The Bertz CT molecular complexity index is 634. The van der Waals surface area contributed by atoms with E-state index in [2.05, 4.69) is 21.0 Å². The second kappa shape index (κ2) is 4.80. The number of carbonyl (C=O) groups excluding carboxylic acids is 1. The molecule has 1 heterocycles. The summed E-state index contributed by atoms with van der Waals surface area (Å²) in [5.41, 5.74) is -1.40. The smallest absolute Gasteiger partial charge is 0.287 e. The maximum atomic E-state index is 12.9. The summed E-state index contributed by atoms with van der Waals surface area (Å²) < 4.78 is 40.4. The van der Waals surface area contributed by atoms with Crippen LogP contribution in [0.4, 0.5) is 13.2 Å². The van der Waals surface area contributed by atoms with Gasteiger partial charge < -0.3 is 0 Å². The molecule has 0 aliphatic heterocycles. The van der Waals surface area contributed by atoms with Gasteiger partial charge >= 0.3 is 6.18 Å². The third-order valence-electron chi connectivity index (χ3n) is 2.48. The van der Waals surface area contributed by atoms with E-state index in [1.807, 2.05) is 0 Å². The molecule has 0 radical (unpaired) electrons. The van der Waals surface area contributed by atoms with Crippen molar-refractivity contribution in [3.05, 3.63) is 51.8 Å². The van der Waals surface area contributed by atoms with Crippen molar-refractivity contribution < 1.29 is 18.0 Å². The van der Waals surface area contributed by atoms with Gasteiger partial charge in [0.15, 0.2) is 0 Å². The minimum atomic E-state index is -4.59. The van der Waals surface area contributed by atoms with E-state index < -0.39 is 23.1 Å². The lowest BCUT2D eigenvalue weighted by Gasteiger charge is -2.11. The summed E-state index contributed by atoms with van der Waals surface area (Å²) in [7, 11) is 1.59. The van der Waals surface area contributed by atoms with Gasteiger partial charge in [-0.3, -0.25) is 9.48 Å². The summed E-state index contributed by atoms with van der Waals surface area (Å²) in [5, 5.41) is 3.82. The first kappa shape index (κ1) is 13.8. The lowest BCUT2D eigenvalue weighted by molar-refractivity contribution is -0.137. The third kappa shape index (κ3) is 2.86. The molecule has 1 aromatic heterocycles. The van der Waals surface area contributed by atoms with Gasteiger partial charge in [0.1, 0.15) is 5.69 Å². The van der Waals surface area contributed by atoms with E-state index in [9.17, 15) is 18.0 Å². The first-order valence-electron chi connectivity index (χ1n) is 5.20. The van der Waals surface area contributed by atoms with E-state index in [0.29, 0.717) is 0 Å². The fraction of sp³-hybridized carbons (Fsp3) is 0.167. The number of rotatable bonds is 2. The highest BCUT2D eigenvalue weighted by molar-refractivity contribution is 9.10. The molecule has 0 spiro atoms. The Morgan fingerprint density at radius 1 is 1.32 bits per heavy atom. The van der Waals surface area contributed by atoms with Crippen molar-refractivity contribution in [3.63, 3.8) is 0 Å². The number of ketones is 1.